The summed E-state index contributed by atoms with van der Waals surface area (Å²) >= 11 is 12.0. The Hall–Kier alpha value is -2.31. The molecule has 0 spiro atoms. The second-order valence-corrected chi connectivity index (χ2v) is 4.80. The summed E-state index contributed by atoms with van der Waals surface area (Å²) < 4.78 is 0. The lowest BCUT2D eigenvalue weighted by molar-refractivity contribution is -0.384. The number of nitrogens with one attached hydrogen (secondary N) is 1. The van der Waals surface area contributed by atoms with Crippen LogP contribution in [0.1, 0.15) is 10.4 Å². The van der Waals surface area contributed by atoms with Gasteiger partial charge in [0.2, 0.25) is 0 Å². The Morgan fingerprint density at radius 1 is 1.14 bits per heavy atom. The largest absolute Gasteiger partial charge is 0.477 e. The van der Waals surface area contributed by atoms with Crippen LogP contribution in [-0.4, -0.2) is 16.0 Å². The molecule has 0 aliphatic carbocycles. The maximum Gasteiger partial charge on any atom is 0.342 e. The van der Waals surface area contributed by atoms with Gasteiger partial charge >= 0.3 is 11.7 Å². The van der Waals surface area contributed by atoms with E-state index < -0.39 is 22.1 Å². The molecule has 2 aromatic rings. The highest BCUT2D eigenvalue weighted by Gasteiger charge is 2.24. The normalized spacial score (nSPS) is 10.2. The molecule has 0 saturated carbocycles. The van der Waals surface area contributed by atoms with Crippen LogP contribution in [0.2, 0.25) is 10.0 Å². The average molecular weight is 327 g/mol. The quantitative estimate of drug-likeness (QED) is 0.643. The topological polar surface area (TPSA) is 92.5 Å². The minimum absolute atomic E-state index is 0.00472. The lowest BCUT2D eigenvalue weighted by atomic mass is 10.1. The SMILES string of the molecule is O=C(O)c1cccc(Nc2c(Cl)cccc2Cl)c1[N+](=O)[O-]. The molecular weight excluding hydrogens is 319 g/mol. The first kappa shape index (κ1) is 15.1. The Bertz CT molecular complexity index is 714. The number of carboxylic acid groups (broad SMARTS) is 1. The third kappa shape index (κ3) is 3.07. The van der Waals surface area contributed by atoms with Gasteiger partial charge in [0.05, 0.1) is 20.7 Å². The molecule has 0 aromatic heterocycles. The Morgan fingerprint density at radius 2 is 1.71 bits per heavy atom. The lowest BCUT2D eigenvalue weighted by Crippen LogP contribution is -2.06. The number of hydrogen-bond acceptors (Lipinski definition) is 4. The number of benzene rings is 2. The van der Waals surface area contributed by atoms with E-state index in [1.54, 1.807) is 18.2 Å². The van der Waals surface area contributed by atoms with Gasteiger partial charge in [0.1, 0.15) is 11.3 Å². The molecule has 0 unspecified atom stereocenters. The molecule has 0 radical (unpaired) electrons. The summed E-state index contributed by atoms with van der Waals surface area (Å²) in [5.74, 6) is -1.39. The first-order valence-corrected chi connectivity index (χ1v) is 6.39. The molecule has 0 aliphatic rings. The predicted molar refractivity (Wildman–Crippen MR) is 79.8 cm³/mol. The Labute approximate surface area is 129 Å². The van der Waals surface area contributed by atoms with Crippen LogP contribution in [0, 0.1) is 10.1 Å². The predicted octanol–water partition coefficient (Wildman–Crippen LogP) is 4.34. The summed E-state index contributed by atoms with van der Waals surface area (Å²) in [5, 5.41) is 23.4. The summed E-state index contributed by atoms with van der Waals surface area (Å²) in [4.78, 5) is 21.5. The molecule has 2 N–H and O–H groups in total. The van der Waals surface area contributed by atoms with Gasteiger partial charge in [0.25, 0.3) is 0 Å². The number of aromatic carboxylic acids is 1. The number of anilines is 2. The molecule has 108 valence electrons. The van der Waals surface area contributed by atoms with Gasteiger partial charge in [0, 0.05) is 0 Å². The average Bonchev–Trinajstić information content (AvgIpc) is 2.42. The van der Waals surface area contributed by atoms with Crippen LogP contribution >= 0.6 is 23.2 Å². The van der Waals surface area contributed by atoms with Crippen LogP contribution in [-0.2, 0) is 0 Å². The van der Waals surface area contributed by atoms with E-state index in [4.69, 9.17) is 28.3 Å². The van der Waals surface area contributed by atoms with E-state index in [-0.39, 0.29) is 21.4 Å². The number of halogens is 2. The summed E-state index contributed by atoms with van der Waals surface area (Å²) in [6, 6.07) is 8.66. The maximum atomic E-state index is 11.1. The third-order valence-corrected chi connectivity index (χ3v) is 3.30. The number of carbonyl (C=O) groups is 1. The highest BCUT2D eigenvalue weighted by Crippen LogP contribution is 2.37. The number of nitrogens with zero attached hydrogens (tertiary/aromatic N) is 1. The lowest BCUT2D eigenvalue weighted by Gasteiger charge is -2.11. The minimum atomic E-state index is -1.39. The molecule has 8 heteroatoms. The van der Waals surface area contributed by atoms with Gasteiger partial charge in [-0.05, 0) is 24.3 Å². The molecule has 21 heavy (non-hydrogen) atoms. The van der Waals surface area contributed by atoms with Crippen LogP contribution in [0.25, 0.3) is 0 Å². The number of para-hydroxylation sites is 2. The molecule has 2 aromatic carbocycles. The Morgan fingerprint density at radius 3 is 2.24 bits per heavy atom. The first-order valence-electron chi connectivity index (χ1n) is 5.63. The second-order valence-electron chi connectivity index (χ2n) is 3.99. The van der Waals surface area contributed by atoms with Crippen molar-refractivity contribution < 1.29 is 14.8 Å². The molecule has 0 saturated heterocycles. The maximum absolute atomic E-state index is 11.1. The van der Waals surface area contributed by atoms with Crippen LogP contribution in [0.4, 0.5) is 17.1 Å². The van der Waals surface area contributed by atoms with Gasteiger partial charge in [0.15, 0.2) is 0 Å². The van der Waals surface area contributed by atoms with Crippen molar-refractivity contribution in [3.05, 3.63) is 62.1 Å². The van der Waals surface area contributed by atoms with E-state index in [9.17, 15) is 14.9 Å². The second kappa shape index (κ2) is 5.99. The van der Waals surface area contributed by atoms with Crippen molar-refractivity contribution in [1.29, 1.82) is 0 Å². The highest BCUT2D eigenvalue weighted by molar-refractivity contribution is 6.39. The van der Waals surface area contributed by atoms with Crippen LogP contribution in [0.15, 0.2) is 36.4 Å². The van der Waals surface area contributed by atoms with E-state index in [2.05, 4.69) is 5.32 Å². The van der Waals surface area contributed by atoms with E-state index in [1.165, 1.54) is 12.1 Å². The van der Waals surface area contributed by atoms with Gasteiger partial charge in [-0.15, -0.1) is 0 Å². The molecule has 0 bridgehead atoms. The molecule has 0 atom stereocenters. The summed E-state index contributed by atoms with van der Waals surface area (Å²) in [7, 11) is 0. The molecule has 0 aliphatic heterocycles. The summed E-state index contributed by atoms with van der Waals surface area (Å²) in [6.07, 6.45) is 0. The van der Waals surface area contributed by atoms with Crippen LogP contribution < -0.4 is 5.32 Å². The van der Waals surface area contributed by atoms with Gasteiger partial charge in [-0.3, -0.25) is 10.1 Å². The van der Waals surface area contributed by atoms with Gasteiger partial charge in [-0.2, -0.15) is 0 Å². The first-order chi connectivity index (χ1) is 9.91. The summed E-state index contributed by atoms with van der Waals surface area (Å²) in [5.41, 5.74) is -0.712. The van der Waals surface area contributed by atoms with Crippen molar-refractivity contribution in [2.45, 2.75) is 0 Å². The van der Waals surface area contributed by atoms with Gasteiger partial charge in [-0.1, -0.05) is 35.3 Å². The Balaban J connectivity index is 2.57. The zero-order valence-corrected chi connectivity index (χ0v) is 11.9. The zero-order chi connectivity index (χ0) is 15.6. The van der Waals surface area contributed by atoms with E-state index in [0.29, 0.717) is 0 Å². The molecule has 2 rings (SSSR count). The number of hydrogen-bond donors (Lipinski definition) is 2. The van der Waals surface area contributed by atoms with Crippen LogP contribution in [0.5, 0.6) is 0 Å². The Kier molecular flexibility index (Phi) is 4.30. The highest BCUT2D eigenvalue weighted by atomic mass is 35.5. The van der Waals surface area contributed by atoms with Crippen molar-refractivity contribution in [2.24, 2.45) is 0 Å². The molecule has 6 nitrogen and oxygen atoms in total. The van der Waals surface area contributed by atoms with E-state index in [1.807, 2.05) is 0 Å². The fourth-order valence-electron chi connectivity index (χ4n) is 1.77. The van der Waals surface area contributed by atoms with E-state index >= 15 is 0 Å². The molecule has 0 fully saturated rings. The molecule has 0 heterocycles. The van der Waals surface area contributed by atoms with Crippen molar-refractivity contribution in [3.8, 4) is 0 Å². The fraction of sp³-hybridized carbons (Fsp3) is 0. The molecule has 0 amide bonds. The third-order valence-electron chi connectivity index (χ3n) is 2.67. The van der Waals surface area contributed by atoms with Crippen molar-refractivity contribution in [2.75, 3.05) is 5.32 Å². The molecular formula is C13H8Cl2N2O4. The number of rotatable bonds is 4. The monoisotopic (exact) mass is 326 g/mol. The van der Waals surface area contributed by atoms with Crippen LogP contribution in [0.3, 0.4) is 0 Å². The number of nitro benzene ring substituents is 1. The van der Waals surface area contributed by atoms with Crippen molar-refractivity contribution in [3.63, 3.8) is 0 Å². The van der Waals surface area contributed by atoms with Crippen molar-refractivity contribution in [1.82, 2.24) is 0 Å². The van der Waals surface area contributed by atoms with Gasteiger partial charge in [-0.25, -0.2) is 4.79 Å². The van der Waals surface area contributed by atoms with Gasteiger partial charge < -0.3 is 10.4 Å². The number of nitro groups is 1. The fourth-order valence-corrected chi connectivity index (χ4v) is 2.26. The van der Waals surface area contributed by atoms with Crippen molar-refractivity contribution >= 4 is 46.2 Å². The zero-order valence-electron chi connectivity index (χ0n) is 10.3. The standard InChI is InChI=1S/C13H8Cl2N2O4/c14-8-4-2-5-9(15)11(8)16-10-6-1-3-7(13(18)19)12(10)17(20)21/h1-6,16H,(H,18,19). The summed E-state index contributed by atoms with van der Waals surface area (Å²) in [6.45, 7) is 0. The number of carboxylic acids is 1. The van der Waals surface area contributed by atoms with E-state index in [0.717, 1.165) is 6.07 Å². The minimum Gasteiger partial charge on any atom is -0.477 e. The smallest absolute Gasteiger partial charge is 0.342 e.